The second-order valence-corrected chi connectivity index (χ2v) is 6.58. The summed E-state index contributed by atoms with van der Waals surface area (Å²) in [7, 11) is 0. The third-order valence-electron chi connectivity index (χ3n) is 5.09. The molecule has 1 fully saturated rings. The first-order valence-corrected chi connectivity index (χ1v) is 8.46. The molecule has 1 atom stereocenters. The van der Waals surface area contributed by atoms with Crippen LogP contribution >= 0.6 is 0 Å². The normalized spacial score (nSPS) is 20.5. The lowest BCUT2D eigenvalue weighted by Gasteiger charge is -2.20. The van der Waals surface area contributed by atoms with Crippen molar-refractivity contribution in [3.63, 3.8) is 0 Å². The number of carboxylic acid groups (broad SMARTS) is 1. The first kappa shape index (κ1) is 15.3. The highest BCUT2D eigenvalue weighted by Gasteiger charge is 2.32. The number of rotatable bonds is 4. The lowest BCUT2D eigenvalue weighted by Crippen LogP contribution is -2.35. The van der Waals surface area contributed by atoms with Gasteiger partial charge < -0.3 is 5.11 Å². The van der Waals surface area contributed by atoms with E-state index in [9.17, 15) is 14.3 Å². The van der Waals surface area contributed by atoms with Crippen molar-refractivity contribution in [2.24, 2.45) is 0 Å². The molecule has 1 N–H and O–H groups in total. The molecule has 0 saturated carbocycles. The number of halogens is 1. The third-order valence-corrected chi connectivity index (χ3v) is 5.09. The Morgan fingerprint density at radius 3 is 2.79 bits per heavy atom. The summed E-state index contributed by atoms with van der Waals surface area (Å²) >= 11 is 0. The number of aliphatic carboxylic acids is 1. The van der Waals surface area contributed by atoms with Crippen molar-refractivity contribution in [3.8, 4) is 5.69 Å². The molecule has 0 bridgehead atoms. The van der Waals surface area contributed by atoms with Gasteiger partial charge in [-0.15, -0.1) is 0 Å². The van der Waals surface area contributed by atoms with Crippen molar-refractivity contribution in [1.82, 2.24) is 14.7 Å². The molecule has 2 aliphatic rings. The van der Waals surface area contributed by atoms with Crippen LogP contribution in [0.25, 0.3) is 5.69 Å². The molecule has 24 heavy (non-hydrogen) atoms. The van der Waals surface area contributed by atoms with Crippen LogP contribution in [0.5, 0.6) is 0 Å². The van der Waals surface area contributed by atoms with Crippen molar-refractivity contribution in [1.29, 1.82) is 0 Å². The maximum atomic E-state index is 13.2. The van der Waals surface area contributed by atoms with Crippen LogP contribution in [0.4, 0.5) is 4.39 Å². The van der Waals surface area contributed by atoms with Crippen molar-refractivity contribution >= 4 is 5.97 Å². The van der Waals surface area contributed by atoms with Gasteiger partial charge in [-0.25, -0.2) is 9.07 Å². The molecule has 1 aromatic carbocycles. The van der Waals surface area contributed by atoms with Crippen LogP contribution in [0.15, 0.2) is 24.3 Å². The Labute approximate surface area is 139 Å². The predicted octanol–water partition coefficient (Wildman–Crippen LogP) is 2.55. The van der Waals surface area contributed by atoms with Crippen LogP contribution < -0.4 is 0 Å². The minimum Gasteiger partial charge on any atom is -0.480 e. The third kappa shape index (κ3) is 2.60. The summed E-state index contributed by atoms with van der Waals surface area (Å²) in [6.45, 7) is 1.38. The number of hydrogen-bond donors (Lipinski definition) is 1. The minimum atomic E-state index is -0.748. The van der Waals surface area contributed by atoms with Gasteiger partial charge in [-0.05, 0) is 68.5 Å². The average Bonchev–Trinajstić information content (AvgIpc) is 3.26. The second kappa shape index (κ2) is 6.02. The molecular formula is C18H20FN3O2. The molecule has 6 heteroatoms. The van der Waals surface area contributed by atoms with E-state index in [0.29, 0.717) is 13.0 Å². The standard InChI is InChI=1S/C18H20FN3O2/c19-12-6-8-13(9-7-12)22-16-4-1-3-14(16)15(20-22)11-21-10-2-5-17(21)18(23)24/h6-9,17H,1-5,10-11H2,(H,23,24)/t17-/m1/s1. The number of carboxylic acids is 1. The number of hydrogen-bond acceptors (Lipinski definition) is 3. The van der Waals surface area contributed by atoms with Crippen molar-refractivity contribution in [2.75, 3.05) is 6.54 Å². The molecule has 0 spiro atoms. The van der Waals surface area contributed by atoms with Gasteiger partial charge >= 0.3 is 5.97 Å². The lowest BCUT2D eigenvalue weighted by molar-refractivity contribution is -0.142. The lowest BCUT2D eigenvalue weighted by atomic mass is 10.1. The summed E-state index contributed by atoms with van der Waals surface area (Å²) < 4.78 is 15.1. The van der Waals surface area contributed by atoms with Crippen LogP contribution in [-0.2, 0) is 24.2 Å². The summed E-state index contributed by atoms with van der Waals surface area (Å²) in [4.78, 5) is 13.4. The van der Waals surface area contributed by atoms with Gasteiger partial charge in [0.25, 0.3) is 0 Å². The highest BCUT2D eigenvalue weighted by atomic mass is 19.1. The van der Waals surface area contributed by atoms with E-state index in [1.807, 2.05) is 9.58 Å². The topological polar surface area (TPSA) is 58.4 Å². The van der Waals surface area contributed by atoms with Crippen molar-refractivity contribution < 1.29 is 14.3 Å². The van der Waals surface area contributed by atoms with Crippen molar-refractivity contribution in [2.45, 2.75) is 44.7 Å². The van der Waals surface area contributed by atoms with Gasteiger partial charge in [0.2, 0.25) is 0 Å². The number of aromatic nitrogens is 2. The van der Waals surface area contributed by atoms with E-state index in [0.717, 1.165) is 43.6 Å². The van der Waals surface area contributed by atoms with E-state index in [-0.39, 0.29) is 5.82 Å². The largest absolute Gasteiger partial charge is 0.480 e. The van der Waals surface area contributed by atoms with E-state index in [1.165, 1.54) is 23.4 Å². The quantitative estimate of drug-likeness (QED) is 0.936. The molecule has 1 aliphatic heterocycles. The van der Waals surface area contributed by atoms with E-state index >= 15 is 0 Å². The molecule has 5 nitrogen and oxygen atoms in total. The number of fused-ring (bicyclic) bond motifs is 1. The zero-order valence-corrected chi connectivity index (χ0v) is 13.4. The summed E-state index contributed by atoms with van der Waals surface area (Å²) in [5, 5.41) is 14.1. The molecule has 2 heterocycles. The number of nitrogens with zero attached hydrogens (tertiary/aromatic N) is 3. The summed E-state index contributed by atoms with van der Waals surface area (Å²) in [5.74, 6) is -1.01. The van der Waals surface area contributed by atoms with Crippen LogP contribution in [0.2, 0.25) is 0 Å². The van der Waals surface area contributed by atoms with Gasteiger partial charge in [0.05, 0.1) is 11.4 Å². The SMILES string of the molecule is O=C(O)[C@H]1CCCN1Cc1nn(-c2ccc(F)cc2)c2c1CCC2. The summed E-state index contributed by atoms with van der Waals surface area (Å²) in [6, 6.07) is 5.96. The molecule has 126 valence electrons. The van der Waals surface area contributed by atoms with E-state index < -0.39 is 12.0 Å². The minimum absolute atomic E-state index is 0.260. The zero-order valence-electron chi connectivity index (χ0n) is 13.4. The number of benzene rings is 1. The van der Waals surface area contributed by atoms with E-state index in [1.54, 1.807) is 12.1 Å². The average molecular weight is 329 g/mol. The van der Waals surface area contributed by atoms with Crippen LogP contribution in [-0.4, -0.2) is 38.3 Å². The van der Waals surface area contributed by atoms with Crippen LogP contribution in [0.3, 0.4) is 0 Å². The van der Waals surface area contributed by atoms with Gasteiger partial charge in [0.1, 0.15) is 11.9 Å². The Hall–Kier alpha value is -2.21. The number of carbonyl (C=O) groups is 1. The maximum Gasteiger partial charge on any atom is 0.320 e. The Bertz CT molecular complexity index is 769. The van der Waals surface area contributed by atoms with Gasteiger partial charge in [-0.1, -0.05) is 0 Å². The smallest absolute Gasteiger partial charge is 0.320 e. The molecule has 4 rings (SSSR count). The predicted molar refractivity (Wildman–Crippen MR) is 86.6 cm³/mol. The Balaban J connectivity index is 1.66. The fourth-order valence-electron chi connectivity index (χ4n) is 3.92. The van der Waals surface area contributed by atoms with Gasteiger partial charge in [-0.2, -0.15) is 5.10 Å². The molecule has 0 amide bonds. The fraction of sp³-hybridized carbons (Fsp3) is 0.444. The van der Waals surface area contributed by atoms with Gasteiger partial charge in [0, 0.05) is 12.2 Å². The fourth-order valence-corrected chi connectivity index (χ4v) is 3.92. The molecular weight excluding hydrogens is 309 g/mol. The Kier molecular flexibility index (Phi) is 3.84. The second-order valence-electron chi connectivity index (χ2n) is 6.58. The number of likely N-dealkylation sites (tertiary alicyclic amines) is 1. The van der Waals surface area contributed by atoms with E-state index in [4.69, 9.17) is 5.10 Å². The first-order chi connectivity index (χ1) is 11.6. The zero-order chi connectivity index (χ0) is 16.7. The summed E-state index contributed by atoms with van der Waals surface area (Å²) in [6.07, 6.45) is 4.65. The van der Waals surface area contributed by atoms with Gasteiger partial charge in [-0.3, -0.25) is 9.69 Å². The first-order valence-electron chi connectivity index (χ1n) is 8.46. The van der Waals surface area contributed by atoms with E-state index in [2.05, 4.69) is 0 Å². The molecule has 0 unspecified atom stereocenters. The molecule has 1 aliphatic carbocycles. The highest BCUT2D eigenvalue weighted by Crippen LogP contribution is 2.30. The molecule has 1 saturated heterocycles. The van der Waals surface area contributed by atoms with Crippen LogP contribution in [0.1, 0.15) is 36.2 Å². The molecule has 2 aromatic rings. The molecule has 1 aromatic heterocycles. The Morgan fingerprint density at radius 1 is 1.25 bits per heavy atom. The highest BCUT2D eigenvalue weighted by molar-refractivity contribution is 5.73. The van der Waals surface area contributed by atoms with Crippen LogP contribution in [0, 0.1) is 5.82 Å². The monoisotopic (exact) mass is 329 g/mol. The van der Waals surface area contributed by atoms with Crippen molar-refractivity contribution in [3.05, 3.63) is 47.0 Å². The maximum absolute atomic E-state index is 13.2. The van der Waals surface area contributed by atoms with Gasteiger partial charge in [0.15, 0.2) is 0 Å². The molecule has 0 radical (unpaired) electrons. The Morgan fingerprint density at radius 2 is 2.04 bits per heavy atom. The summed E-state index contributed by atoms with van der Waals surface area (Å²) in [5.41, 5.74) is 4.26.